The molecule has 0 radical (unpaired) electrons. The van der Waals surface area contributed by atoms with Crippen molar-refractivity contribution in [1.82, 2.24) is 10.2 Å². The topological polar surface area (TPSA) is 71.0 Å². The average Bonchev–Trinajstić information content (AvgIpc) is 3.20. The molecule has 2 aromatic carbocycles. The second-order valence-electron chi connectivity index (χ2n) is 8.75. The van der Waals surface area contributed by atoms with Gasteiger partial charge in [0.15, 0.2) is 5.17 Å². The van der Waals surface area contributed by atoms with Crippen LogP contribution in [0.5, 0.6) is 0 Å². The second-order valence-corrected chi connectivity index (χ2v) is 9.58. The van der Waals surface area contributed by atoms with Crippen LogP contribution in [0.1, 0.15) is 57.3 Å². The maximum Gasteiger partial charge on any atom is 0.338 e. The second kappa shape index (κ2) is 10.5. The molecule has 0 saturated carbocycles. The van der Waals surface area contributed by atoms with Gasteiger partial charge in [-0.2, -0.15) is 0 Å². The molecule has 2 aliphatic heterocycles. The van der Waals surface area contributed by atoms with Gasteiger partial charge in [0.1, 0.15) is 5.82 Å². The van der Waals surface area contributed by atoms with E-state index in [2.05, 4.69) is 10.3 Å². The minimum Gasteiger partial charge on any atom is -0.459 e. The standard InChI is InChI=1S/C27H28FN3O3S/c1-16(2)34-26(33)24-18(4)30-27-31(25(24)21-12-8-9-13-22(21)28)20(15-35-27)14-23(32)29-17(3)19-10-6-5-7-11-19/h5-13,15-17,25H,14H2,1-4H3,(H,29,32). The number of ether oxygens (including phenoxy) is 1. The van der Waals surface area contributed by atoms with Gasteiger partial charge >= 0.3 is 5.97 Å². The highest BCUT2D eigenvalue weighted by atomic mass is 32.2. The van der Waals surface area contributed by atoms with Crippen molar-refractivity contribution >= 4 is 28.8 Å². The van der Waals surface area contributed by atoms with E-state index in [0.29, 0.717) is 22.1 Å². The van der Waals surface area contributed by atoms with Gasteiger partial charge in [-0.25, -0.2) is 14.2 Å². The number of benzene rings is 2. The zero-order chi connectivity index (χ0) is 25.1. The van der Waals surface area contributed by atoms with E-state index in [1.807, 2.05) is 42.7 Å². The Morgan fingerprint density at radius 2 is 1.80 bits per heavy atom. The molecule has 2 aliphatic rings. The predicted octanol–water partition coefficient (Wildman–Crippen LogP) is 5.62. The van der Waals surface area contributed by atoms with E-state index in [9.17, 15) is 9.59 Å². The summed E-state index contributed by atoms with van der Waals surface area (Å²) in [6.07, 6.45) is -0.289. The molecule has 2 atom stereocenters. The fourth-order valence-electron chi connectivity index (χ4n) is 4.18. The smallest absolute Gasteiger partial charge is 0.338 e. The van der Waals surface area contributed by atoms with Gasteiger partial charge in [-0.15, -0.1) is 0 Å². The predicted molar refractivity (Wildman–Crippen MR) is 136 cm³/mol. The first-order chi connectivity index (χ1) is 16.8. The molecular formula is C27H28FN3O3S. The largest absolute Gasteiger partial charge is 0.459 e. The lowest BCUT2D eigenvalue weighted by molar-refractivity contribution is -0.143. The van der Waals surface area contributed by atoms with E-state index in [-0.39, 0.29) is 30.0 Å². The summed E-state index contributed by atoms with van der Waals surface area (Å²) in [6.45, 7) is 7.17. The van der Waals surface area contributed by atoms with Crippen LogP contribution in [-0.4, -0.2) is 28.0 Å². The number of nitrogens with zero attached hydrogens (tertiary/aromatic N) is 2. The molecule has 8 heteroatoms. The SMILES string of the molecule is CC1=C(C(=O)OC(C)C)C(c2ccccc2F)N2C(CC(=O)NC(C)c3ccccc3)=CSC2=N1. The van der Waals surface area contributed by atoms with E-state index in [0.717, 1.165) is 5.56 Å². The van der Waals surface area contributed by atoms with Crippen molar-refractivity contribution in [3.05, 3.63) is 93.9 Å². The third kappa shape index (κ3) is 5.32. The highest BCUT2D eigenvalue weighted by Crippen LogP contribution is 2.45. The van der Waals surface area contributed by atoms with Crippen molar-refractivity contribution in [2.75, 3.05) is 0 Å². The van der Waals surface area contributed by atoms with Gasteiger partial charge in [0.05, 0.1) is 35.9 Å². The highest BCUT2D eigenvalue weighted by Gasteiger charge is 2.42. The highest BCUT2D eigenvalue weighted by molar-refractivity contribution is 8.16. The zero-order valence-corrected chi connectivity index (χ0v) is 20.9. The summed E-state index contributed by atoms with van der Waals surface area (Å²) in [5.41, 5.74) is 2.69. The Bertz CT molecular complexity index is 1220. The number of esters is 1. The Balaban J connectivity index is 1.64. The van der Waals surface area contributed by atoms with Crippen molar-refractivity contribution in [2.24, 2.45) is 4.99 Å². The number of nitrogens with one attached hydrogen (secondary N) is 1. The quantitative estimate of drug-likeness (QED) is 0.507. The number of rotatable bonds is 7. The number of carbonyl (C=O) groups is 2. The summed E-state index contributed by atoms with van der Waals surface area (Å²) in [5, 5.41) is 5.45. The van der Waals surface area contributed by atoms with E-state index >= 15 is 4.39 Å². The van der Waals surface area contributed by atoms with Gasteiger partial charge in [-0.05, 0) is 44.7 Å². The van der Waals surface area contributed by atoms with Crippen molar-refractivity contribution in [1.29, 1.82) is 0 Å². The molecule has 0 aliphatic carbocycles. The van der Waals surface area contributed by atoms with Crippen molar-refractivity contribution in [3.8, 4) is 0 Å². The first-order valence-corrected chi connectivity index (χ1v) is 12.4. The van der Waals surface area contributed by atoms with E-state index < -0.39 is 17.8 Å². The zero-order valence-electron chi connectivity index (χ0n) is 20.1. The molecule has 0 bridgehead atoms. The molecule has 6 nitrogen and oxygen atoms in total. The van der Waals surface area contributed by atoms with Crippen LogP contribution in [0.2, 0.25) is 0 Å². The summed E-state index contributed by atoms with van der Waals surface area (Å²) in [6, 6.07) is 15.1. The number of halogens is 1. The molecule has 2 aromatic rings. The summed E-state index contributed by atoms with van der Waals surface area (Å²) in [7, 11) is 0. The molecule has 35 heavy (non-hydrogen) atoms. The molecule has 0 spiro atoms. The Labute approximate surface area is 209 Å². The van der Waals surface area contributed by atoms with Gasteiger partial charge in [0.2, 0.25) is 5.91 Å². The lowest BCUT2D eigenvalue weighted by Crippen LogP contribution is -2.39. The van der Waals surface area contributed by atoms with E-state index in [4.69, 9.17) is 4.74 Å². The monoisotopic (exact) mass is 493 g/mol. The third-order valence-corrected chi connectivity index (χ3v) is 6.67. The number of thioether (sulfide) groups is 1. The molecule has 0 aromatic heterocycles. The summed E-state index contributed by atoms with van der Waals surface area (Å²) in [5.74, 6) is -1.17. The number of allylic oxidation sites excluding steroid dienone is 1. The normalized spacial score (nSPS) is 18.1. The average molecular weight is 494 g/mol. The molecule has 1 N–H and O–H groups in total. The first-order valence-electron chi connectivity index (χ1n) is 11.5. The molecule has 1 amide bonds. The maximum absolute atomic E-state index is 15.1. The lowest BCUT2D eigenvalue weighted by Gasteiger charge is -2.36. The van der Waals surface area contributed by atoms with Crippen LogP contribution < -0.4 is 5.32 Å². The van der Waals surface area contributed by atoms with Gasteiger partial charge in [0, 0.05) is 11.3 Å². The molecule has 0 fully saturated rings. The van der Waals surface area contributed by atoms with Crippen molar-refractivity contribution in [3.63, 3.8) is 0 Å². The number of fused-ring (bicyclic) bond motifs is 1. The minimum absolute atomic E-state index is 0.0553. The molecular weight excluding hydrogens is 465 g/mol. The Kier molecular flexibility index (Phi) is 7.40. The van der Waals surface area contributed by atoms with Gasteiger partial charge < -0.3 is 15.0 Å². The van der Waals surface area contributed by atoms with Crippen LogP contribution in [0.25, 0.3) is 0 Å². The third-order valence-electron chi connectivity index (χ3n) is 5.78. The van der Waals surface area contributed by atoms with Gasteiger partial charge in [-0.3, -0.25) is 4.79 Å². The summed E-state index contributed by atoms with van der Waals surface area (Å²) in [4.78, 5) is 32.5. The van der Waals surface area contributed by atoms with Gasteiger partial charge in [0.25, 0.3) is 0 Å². The number of hydrogen-bond acceptors (Lipinski definition) is 6. The van der Waals surface area contributed by atoms with Crippen LogP contribution >= 0.6 is 11.8 Å². The fraction of sp³-hybridized carbons (Fsp3) is 0.296. The lowest BCUT2D eigenvalue weighted by atomic mass is 9.93. The van der Waals surface area contributed by atoms with Crippen LogP contribution in [0, 0.1) is 5.82 Å². The number of hydrogen-bond donors (Lipinski definition) is 1. The summed E-state index contributed by atoms with van der Waals surface area (Å²) >= 11 is 1.35. The van der Waals surface area contributed by atoms with Crippen LogP contribution in [-0.2, 0) is 14.3 Å². The van der Waals surface area contributed by atoms with E-state index in [1.54, 1.807) is 43.9 Å². The van der Waals surface area contributed by atoms with Crippen LogP contribution in [0.15, 0.2) is 82.0 Å². The molecule has 0 saturated heterocycles. The van der Waals surface area contributed by atoms with Crippen molar-refractivity contribution < 1.29 is 18.7 Å². The first kappa shape index (κ1) is 24.7. The van der Waals surface area contributed by atoms with Crippen LogP contribution in [0.3, 0.4) is 0 Å². The summed E-state index contributed by atoms with van der Waals surface area (Å²) < 4.78 is 20.6. The minimum atomic E-state index is -0.796. The maximum atomic E-state index is 15.1. The molecule has 2 heterocycles. The Morgan fingerprint density at radius 3 is 2.49 bits per heavy atom. The van der Waals surface area contributed by atoms with Crippen molar-refractivity contribution in [2.45, 2.75) is 52.3 Å². The van der Waals surface area contributed by atoms with Gasteiger partial charge in [-0.1, -0.05) is 60.3 Å². The van der Waals surface area contributed by atoms with Crippen LogP contribution in [0.4, 0.5) is 4.39 Å². The molecule has 2 unspecified atom stereocenters. The molecule has 182 valence electrons. The number of carbonyl (C=O) groups excluding carboxylic acids is 2. The Morgan fingerprint density at radius 1 is 1.11 bits per heavy atom. The Hall–Kier alpha value is -3.39. The molecule has 4 rings (SSSR count). The fourth-order valence-corrected chi connectivity index (χ4v) is 5.15. The van der Waals surface area contributed by atoms with E-state index in [1.165, 1.54) is 17.8 Å². The number of amidine groups is 1. The number of aliphatic imine (C=N–C) groups is 1. The number of amides is 1.